The summed E-state index contributed by atoms with van der Waals surface area (Å²) in [7, 11) is 0. The number of halogens is 2. The minimum absolute atomic E-state index is 0.139. The molecular weight excluding hydrogens is 394 g/mol. The molecule has 1 heterocycles. The van der Waals surface area contributed by atoms with Crippen molar-refractivity contribution in [2.45, 2.75) is 38.5 Å². The third-order valence-electron chi connectivity index (χ3n) is 4.70. The predicted octanol–water partition coefficient (Wildman–Crippen LogP) is 6.11. The molecule has 0 aliphatic carbocycles. The molecule has 0 amide bonds. The maximum Gasteiger partial charge on any atom is 0.347 e. The van der Waals surface area contributed by atoms with Gasteiger partial charge in [0.1, 0.15) is 28.7 Å². The molecule has 0 spiro atoms. The van der Waals surface area contributed by atoms with Crippen LogP contribution in [0.5, 0.6) is 5.75 Å². The average molecular weight is 416 g/mol. The first-order chi connectivity index (χ1) is 13.7. The zero-order chi connectivity index (χ0) is 21.3. The number of aryl methyl sites for hydroxylation is 3. The van der Waals surface area contributed by atoms with Gasteiger partial charge in [0.25, 0.3) is 0 Å². The first kappa shape index (κ1) is 21.1. The molecule has 0 bridgehead atoms. The third kappa shape index (κ3) is 4.70. The normalized spacial score (nSPS) is 12.2. The van der Waals surface area contributed by atoms with E-state index in [2.05, 4.69) is 0 Å². The number of rotatable bonds is 5. The summed E-state index contributed by atoms with van der Waals surface area (Å²) in [6, 6.07) is 8.67. The smallest absolute Gasteiger partial charge is 0.347 e. The van der Waals surface area contributed by atoms with Crippen LogP contribution >= 0.6 is 11.8 Å². The molecular formula is C23H22F2O3S. The first-order valence-electron chi connectivity index (χ1n) is 9.20. The number of aromatic hydroxyl groups is 1. The predicted molar refractivity (Wildman–Crippen MR) is 112 cm³/mol. The minimum atomic E-state index is -0.641. The Balaban J connectivity index is 1.88. The van der Waals surface area contributed by atoms with Crippen molar-refractivity contribution in [1.82, 2.24) is 0 Å². The second-order valence-electron chi connectivity index (χ2n) is 7.29. The lowest BCUT2D eigenvalue weighted by Gasteiger charge is -2.15. The highest BCUT2D eigenvalue weighted by atomic mass is 32.2. The van der Waals surface area contributed by atoms with Crippen LogP contribution in [0.1, 0.15) is 35.3 Å². The Labute approximate surface area is 172 Å². The zero-order valence-corrected chi connectivity index (χ0v) is 17.5. The molecule has 0 aliphatic heterocycles. The molecule has 29 heavy (non-hydrogen) atoms. The highest BCUT2D eigenvalue weighted by Gasteiger charge is 2.20. The molecule has 2 aromatic carbocycles. The summed E-state index contributed by atoms with van der Waals surface area (Å²) < 4.78 is 32.2. The van der Waals surface area contributed by atoms with Crippen molar-refractivity contribution in [2.24, 2.45) is 0 Å². The average Bonchev–Trinajstić information content (AvgIpc) is 2.60. The summed E-state index contributed by atoms with van der Waals surface area (Å²) in [5, 5.41) is 10.6. The fourth-order valence-electron chi connectivity index (χ4n) is 3.46. The molecule has 0 saturated carbocycles. The van der Waals surface area contributed by atoms with Crippen molar-refractivity contribution < 1.29 is 18.3 Å². The molecule has 152 valence electrons. The van der Waals surface area contributed by atoms with E-state index in [1.165, 1.54) is 30.0 Å². The largest absolute Gasteiger partial charge is 0.507 e. The molecule has 0 saturated heterocycles. The summed E-state index contributed by atoms with van der Waals surface area (Å²) >= 11 is 1.25. The summed E-state index contributed by atoms with van der Waals surface area (Å²) in [5.41, 5.74) is 3.05. The quantitative estimate of drug-likeness (QED) is 0.510. The molecule has 1 N–H and O–H groups in total. The highest BCUT2D eigenvalue weighted by molar-refractivity contribution is 7.99. The molecule has 0 fully saturated rings. The fraction of sp³-hybridized carbons (Fsp3) is 0.261. The highest BCUT2D eigenvalue weighted by Crippen LogP contribution is 2.35. The van der Waals surface area contributed by atoms with Crippen LogP contribution in [0.3, 0.4) is 0 Å². The molecule has 0 radical (unpaired) electrons. The van der Waals surface area contributed by atoms with Gasteiger partial charge in [-0.25, -0.2) is 13.6 Å². The Bertz CT molecular complexity index is 1080. The van der Waals surface area contributed by atoms with Crippen LogP contribution < -0.4 is 5.63 Å². The van der Waals surface area contributed by atoms with Gasteiger partial charge in [-0.2, -0.15) is 0 Å². The Morgan fingerprint density at radius 3 is 2.10 bits per heavy atom. The van der Waals surface area contributed by atoms with Gasteiger partial charge in [0.15, 0.2) is 0 Å². The van der Waals surface area contributed by atoms with E-state index in [4.69, 9.17) is 4.42 Å². The van der Waals surface area contributed by atoms with Crippen molar-refractivity contribution >= 4 is 11.8 Å². The van der Waals surface area contributed by atoms with Gasteiger partial charge in [0.05, 0.1) is 0 Å². The molecule has 0 aliphatic rings. The Morgan fingerprint density at radius 2 is 1.55 bits per heavy atom. The number of hydrogen-bond donors (Lipinski definition) is 1. The van der Waals surface area contributed by atoms with Crippen LogP contribution in [0.4, 0.5) is 8.78 Å². The molecule has 6 heteroatoms. The molecule has 3 rings (SSSR count). The fourth-order valence-corrected chi connectivity index (χ4v) is 4.46. The molecule has 1 aromatic heterocycles. The van der Waals surface area contributed by atoms with Crippen LogP contribution in [0.25, 0.3) is 11.1 Å². The maximum atomic E-state index is 13.3. The Hall–Kier alpha value is -2.60. The second kappa shape index (κ2) is 8.41. The van der Waals surface area contributed by atoms with Gasteiger partial charge in [0.2, 0.25) is 0 Å². The van der Waals surface area contributed by atoms with Gasteiger partial charge >= 0.3 is 5.63 Å². The first-order valence-corrected chi connectivity index (χ1v) is 10.2. The van der Waals surface area contributed by atoms with Crippen molar-refractivity contribution in [3.63, 3.8) is 0 Å². The van der Waals surface area contributed by atoms with E-state index >= 15 is 0 Å². The van der Waals surface area contributed by atoms with E-state index in [0.717, 1.165) is 22.8 Å². The second-order valence-corrected chi connectivity index (χ2v) is 8.38. The van der Waals surface area contributed by atoms with Crippen LogP contribution in [-0.4, -0.2) is 10.9 Å². The van der Waals surface area contributed by atoms with Gasteiger partial charge in [-0.1, -0.05) is 24.6 Å². The van der Waals surface area contributed by atoms with Crippen LogP contribution in [-0.2, 0) is 0 Å². The van der Waals surface area contributed by atoms with Crippen molar-refractivity contribution in [2.75, 3.05) is 5.75 Å². The number of hydrogen-bond acceptors (Lipinski definition) is 4. The lowest BCUT2D eigenvalue weighted by Crippen LogP contribution is -2.09. The maximum absolute atomic E-state index is 13.3. The lowest BCUT2D eigenvalue weighted by atomic mass is 9.94. The van der Waals surface area contributed by atoms with Gasteiger partial charge < -0.3 is 9.52 Å². The van der Waals surface area contributed by atoms with E-state index in [1.54, 1.807) is 0 Å². The molecule has 3 aromatic rings. The Morgan fingerprint density at radius 1 is 0.966 bits per heavy atom. The third-order valence-corrected chi connectivity index (χ3v) is 5.93. The zero-order valence-electron chi connectivity index (χ0n) is 16.7. The van der Waals surface area contributed by atoms with Gasteiger partial charge in [-0.3, -0.25) is 0 Å². The van der Waals surface area contributed by atoms with Crippen molar-refractivity contribution in [1.29, 1.82) is 0 Å². The monoisotopic (exact) mass is 416 g/mol. The summed E-state index contributed by atoms with van der Waals surface area (Å²) in [6.07, 6.45) is 0. The minimum Gasteiger partial charge on any atom is -0.507 e. The van der Waals surface area contributed by atoms with E-state index in [1.807, 2.05) is 39.8 Å². The van der Waals surface area contributed by atoms with Gasteiger partial charge in [-0.15, -0.1) is 11.8 Å². The number of thioether (sulfide) groups is 1. The molecule has 1 unspecified atom stereocenters. The summed E-state index contributed by atoms with van der Waals surface area (Å²) in [5.74, 6) is -0.926. The summed E-state index contributed by atoms with van der Waals surface area (Å²) in [6.45, 7) is 7.57. The van der Waals surface area contributed by atoms with E-state index in [-0.39, 0.29) is 17.2 Å². The SMILES string of the molecule is Cc1cc(C)c(-c2c(O)cc(C(C)CSc3cc(F)cc(F)c3)oc2=O)c(C)c1. The topological polar surface area (TPSA) is 50.4 Å². The number of benzene rings is 2. The van der Waals surface area contributed by atoms with Gasteiger partial charge in [0, 0.05) is 28.7 Å². The van der Waals surface area contributed by atoms with Crippen molar-refractivity contribution in [3.05, 3.63) is 80.9 Å². The van der Waals surface area contributed by atoms with Gasteiger partial charge in [-0.05, 0) is 49.6 Å². The van der Waals surface area contributed by atoms with Crippen LogP contribution in [0, 0.1) is 32.4 Å². The summed E-state index contributed by atoms with van der Waals surface area (Å²) in [4.78, 5) is 13.1. The molecule has 3 nitrogen and oxygen atoms in total. The molecule has 1 atom stereocenters. The Kier molecular flexibility index (Phi) is 6.13. The van der Waals surface area contributed by atoms with E-state index in [9.17, 15) is 18.7 Å². The van der Waals surface area contributed by atoms with Crippen LogP contribution in [0.15, 0.2) is 50.5 Å². The van der Waals surface area contributed by atoms with Crippen molar-refractivity contribution in [3.8, 4) is 16.9 Å². The van der Waals surface area contributed by atoms with E-state index < -0.39 is 17.3 Å². The van der Waals surface area contributed by atoms with E-state index in [0.29, 0.717) is 22.0 Å². The lowest BCUT2D eigenvalue weighted by molar-refractivity contribution is 0.416. The standard InChI is InChI=1S/C23H22F2O3S/c1-12-5-13(2)21(14(3)6-12)22-19(26)10-20(28-23(22)27)15(4)11-29-18-8-16(24)7-17(25)9-18/h5-10,15,26H,11H2,1-4H3. The van der Waals surface area contributed by atoms with Crippen LogP contribution in [0.2, 0.25) is 0 Å².